The molecule has 2 fully saturated rings. The molecule has 1 spiro atoms. The molecule has 2 aromatic rings. The molecule has 9 heteroatoms. The normalized spacial score (nSPS) is 19.5. The second kappa shape index (κ2) is 9.66. The predicted octanol–water partition coefficient (Wildman–Crippen LogP) is 2.29. The van der Waals surface area contributed by atoms with Gasteiger partial charge in [-0.1, -0.05) is 6.92 Å². The lowest BCUT2D eigenvalue weighted by Gasteiger charge is -2.44. The Morgan fingerprint density at radius 2 is 1.85 bits per heavy atom. The molecule has 1 atom stereocenters. The molecule has 2 saturated heterocycles. The molecule has 0 aliphatic carbocycles. The van der Waals surface area contributed by atoms with E-state index in [1.165, 1.54) is 6.26 Å². The lowest BCUT2D eigenvalue weighted by molar-refractivity contribution is -0.128. The molecule has 2 aliphatic heterocycles. The summed E-state index contributed by atoms with van der Waals surface area (Å²) < 4.78 is 16.6. The van der Waals surface area contributed by atoms with Gasteiger partial charge in [0.15, 0.2) is 5.76 Å². The molecule has 2 aliphatic rings. The average Bonchev–Trinajstić information content (AvgIpc) is 3.51. The lowest BCUT2D eigenvalue weighted by atomic mass is 9.96. The molecule has 4 rings (SSSR count). The number of rotatable bonds is 6. The molecular formula is C24H29N3O6. The molecule has 176 valence electrons. The van der Waals surface area contributed by atoms with Gasteiger partial charge in [0.2, 0.25) is 5.91 Å². The molecule has 1 aromatic carbocycles. The maximum Gasteiger partial charge on any atom is 0.289 e. The highest BCUT2D eigenvalue weighted by atomic mass is 16.5. The topological polar surface area (TPSA) is 101 Å². The largest absolute Gasteiger partial charge is 0.497 e. The van der Waals surface area contributed by atoms with Gasteiger partial charge in [-0.2, -0.15) is 0 Å². The minimum atomic E-state index is -0.953. The first-order valence-electron chi connectivity index (χ1n) is 11.2. The molecule has 3 heterocycles. The Morgan fingerprint density at radius 1 is 1.12 bits per heavy atom. The van der Waals surface area contributed by atoms with Crippen molar-refractivity contribution in [2.75, 3.05) is 33.4 Å². The quantitative estimate of drug-likeness (QED) is 0.717. The van der Waals surface area contributed by atoms with Crippen LogP contribution in [0.4, 0.5) is 0 Å². The summed E-state index contributed by atoms with van der Waals surface area (Å²) >= 11 is 0. The van der Waals surface area contributed by atoms with E-state index in [-0.39, 0.29) is 30.1 Å². The van der Waals surface area contributed by atoms with Crippen LogP contribution in [-0.4, -0.2) is 72.6 Å². The van der Waals surface area contributed by atoms with E-state index in [1.807, 2.05) is 6.92 Å². The van der Waals surface area contributed by atoms with Crippen LogP contribution in [0.15, 0.2) is 47.1 Å². The van der Waals surface area contributed by atoms with Crippen LogP contribution in [0.5, 0.6) is 5.75 Å². The van der Waals surface area contributed by atoms with E-state index in [9.17, 15) is 14.4 Å². The summed E-state index contributed by atoms with van der Waals surface area (Å²) in [5.41, 5.74) is -0.506. The maximum atomic E-state index is 13.6. The number of benzene rings is 1. The van der Waals surface area contributed by atoms with Gasteiger partial charge in [0, 0.05) is 38.0 Å². The van der Waals surface area contributed by atoms with Crippen LogP contribution in [0.3, 0.4) is 0 Å². The zero-order valence-corrected chi connectivity index (χ0v) is 18.9. The van der Waals surface area contributed by atoms with Crippen molar-refractivity contribution in [2.24, 2.45) is 0 Å². The van der Waals surface area contributed by atoms with Gasteiger partial charge in [-0.05, 0) is 42.8 Å². The van der Waals surface area contributed by atoms with Crippen LogP contribution in [0, 0.1) is 0 Å². The molecular weight excluding hydrogens is 426 g/mol. The Morgan fingerprint density at radius 3 is 2.45 bits per heavy atom. The van der Waals surface area contributed by atoms with Crippen molar-refractivity contribution < 1.29 is 28.3 Å². The van der Waals surface area contributed by atoms with Crippen molar-refractivity contribution in [1.29, 1.82) is 0 Å². The van der Waals surface area contributed by atoms with Crippen molar-refractivity contribution in [2.45, 2.75) is 38.0 Å². The minimum Gasteiger partial charge on any atom is -0.497 e. The molecule has 0 radical (unpaired) electrons. The van der Waals surface area contributed by atoms with Gasteiger partial charge in [0.1, 0.15) is 17.5 Å². The number of methoxy groups -OCH3 is 1. The van der Waals surface area contributed by atoms with E-state index in [4.69, 9.17) is 13.9 Å². The van der Waals surface area contributed by atoms with Crippen molar-refractivity contribution in [1.82, 2.24) is 15.1 Å². The second-order valence-electron chi connectivity index (χ2n) is 8.24. The van der Waals surface area contributed by atoms with Gasteiger partial charge in [-0.15, -0.1) is 0 Å². The van der Waals surface area contributed by atoms with Crippen LogP contribution in [0.25, 0.3) is 0 Å². The predicted molar refractivity (Wildman–Crippen MR) is 119 cm³/mol. The molecule has 9 nitrogen and oxygen atoms in total. The third kappa shape index (κ3) is 4.45. The highest BCUT2D eigenvalue weighted by Gasteiger charge is 2.54. The molecule has 0 bridgehead atoms. The van der Waals surface area contributed by atoms with Crippen LogP contribution >= 0.6 is 0 Å². The number of carbonyl (C=O) groups is 3. The third-order valence-corrected chi connectivity index (χ3v) is 6.23. The van der Waals surface area contributed by atoms with Crippen LogP contribution in [-0.2, 0) is 9.53 Å². The number of hydrogen-bond acceptors (Lipinski definition) is 6. The van der Waals surface area contributed by atoms with Gasteiger partial charge in [-0.3, -0.25) is 19.3 Å². The van der Waals surface area contributed by atoms with Crippen molar-refractivity contribution in [3.63, 3.8) is 0 Å². The van der Waals surface area contributed by atoms with E-state index in [0.717, 1.165) is 6.42 Å². The van der Waals surface area contributed by atoms with Crippen LogP contribution in [0.1, 0.15) is 47.1 Å². The number of likely N-dealkylation sites (tertiary alicyclic amines) is 1. The summed E-state index contributed by atoms with van der Waals surface area (Å²) in [5, 5.41) is 2.89. The third-order valence-electron chi connectivity index (χ3n) is 6.23. The number of piperidine rings is 1. The fourth-order valence-electron chi connectivity index (χ4n) is 4.42. The Hall–Kier alpha value is -3.33. The first-order valence-corrected chi connectivity index (χ1v) is 11.2. The number of amides is 3. The number of nitrogens with one attached hydrogen (secondary N) is 1. The zero-order valence-electron chi connectivity index (χ0n) is 18.9. The van der Waals surface area contributed by atoms with Gasteiger partial charge < -0.3 is 24.1 Å². The first-order chi connectivity index (χ1) is 16.0. The number of ether oxygens (including phenoxy) is 2. The molecule has 1 unspecified atom stereocenters. The zero-order chi connectivity index (χ0) is 23.4. The fourth-order valence-corrected chi connectivity index (χ4v) is 4.42. The standard InChI is InChI=1S/C24H29N3O6/c1-3-12-25-21(28)19-16-33-24(27(19)22(29)17-6-8-18(31-2)9-7-17)10-13-26(14-11-24)23(30)20-5-4-15-32-20/h4-9,15,19H,3,10-14,16H2,1-2H3,(H,25,28). The van der Waals surface area contributed by atoms with Crippen LogP contribution in [0.2, 0.25) is 0 Å². The highest BCUT2D eigenvalue weighted by molar-refractivity contribution is 5.98. The summed E-state index contributed by atoms with van der Waals surface area (Å²) in [6.07, 6.45) is 3.06. The van der Waals surface area contributed by atoms with E-state index in [1.54, 1.807) is 53.3 Å². The molecule has 33 heavy (non-hydrogen) atoms. The number of furan rings is 1. The summed E-state index contributed by atoms with van der Waals surface area (Å²) in [6, 6.07) is 9.37. The Balaban J connectivity index is 1.57. The highest BCUT2D eigenvalue weighted by Crippen LogP contribution is 2.39. The van der Waals surface area contributed by atoms with E-state index in [2.05, 4.69) is 5.32 Å². The number of carbonyl (C=O) groups excluding carboxylic acids is 3. The number of hydrogen-bond donors (Lipinski definition) is 1. The van der Waals surface area contributed by atoms with Gasteiger partial charge in [-0.25, -0.2) is 0 Å². The summed E-state index contributed by atoms with van der Waals surface area (Å²) in [5.74, 6) is 0.211. The van der Waals surface area contributed by atoms with E-state index < -0.39 is 11.8 Å². The van der Waals surface area contributed by atoms with Gasteiger partial charge in [0.25, 0.3) is 11.8 Å². The minimum absolute atomic E-state index is 0.115. The lowest BCUT2D eigenvalue weighted by Crippen LogP contribution is -2.59. The average molecular weight is 456 g/mol. The molecule has 1 aromatic heterocycles. The Bertz CT molecular complexity index is 980. The Kier molecular flexibility index (Phi) is 6.69. The van der Waals surface area contributed by atoms with Gasteiger partial charge >= 0.3 is 0 Å². The first kappa shape index (κ1) is 22.8. The van der Waals surface area contributed by atoms with Crippen molar-refractivity contribution in [3.8, 4) is 5.75 Å². The summed E-state index contributed by atoms with van der Waals surface area (Å²) in [7, 11) is 1.56. The van der Waals surface area contributed by atoms with Crippen LogP contribution < -0.4 is 10.1 Å². The van der Waals surface area contributed by atoms with E-state index >= 15 is 0 Å². The monoisotopic (exact) mass is 455 g/mol. The summed E-state index contributed by atoms with van der Waals surface area (Å²) in [6.45, 7) is 3.38. The van der Waals surface area contributed by atoms with Crippen molar-refractivity contribution in [3.05, 3.63) is 54.0 Å². The molecule has 1 N–H and O–H groups in total. The summed E-state index contributed by atoms with van der Waals surface area (Å²) in [4.78, 5) is 42.5. The fraction of sp³-hybridized carbons (Fsp3) is 0.458. The smallest absolute Gasteiger partial charge is 0.289 e. The molecule has 0 saturated carbocycles. The SMILES string of the molecule is CCCNC(=O)C1COC2(CCN(C(=O)c3ccco3)CC2)N1C(=O)c1ccc(OC)cc1. The van der Waals surface area contributed by atoms with Crippen molar-refractivity contribution >= 4 is 17.7 Å². The number of nitrogens with zero attached hydrogens (tertiary/aromatic N) is 2. The molecule has 3 amide bonds. The second-order valence-corrected chi connectivity index (χ2v) is 8.24. The van der Waals surface area contributed by atoms with E-state index in [0.29, 0.717) is 43.8 Å². The Labute approximate surface area is 192 Å². The maximum absolute atomic E-state index is 13.6. The van der Waals surface area contributed by atoms with Gasteiger partial charge in [0.05, 0.1) is 20.0 Å².